The van der Waals surface area contributed by atoms with E-state index < -0.39 is 11.6 Å². The number of phenols is 1. The van der Waals surface area contributed by atoms with Crippen molar-refractivity contribution in [2.45, 2.75) is 50.9 Å². The number of pyridine rings is 1. The fourth-order valence-corrected chi connectivity index (χ4v) is 3.42. The maximum absolute atomic E-state index is 14.0. The Labute approximate surface area is 145 Å². The molecule has 2 N–H and O–H groups in total. The molecule has 4 nitrogen and oxygen atoms in total. The highest BCUT2D eigenvalue weighted by Gasteiger charge is 2.26. The highest BCUT2D eigenvalue weighted by molar-refractivity contribution is 5.27. The van der Waals surface area contributed by atoms with Crippen LogP contribution in [-0.4, -0.2) is 32.2 Å². The Morgan fingerprint density at radius 2 is 1.72 bits per heavy atom. The maximum atomic E-state index is 14.0. The Hall–Kier alpha value is -2.05. The zero-order chi connectivity index (χ0) is 17.8. The van der Waals surface area contributed by atoms with Gasteiger partial charge in [-0.05, 0) is 43.4 Å². The molecular formula is C19H22F2N2O2. The lowest BCUT2D eigenvalue weighted by Crippen LogP contribution is -2.38. The van der Waals surface area contributed by atoms with Crippen molar-refractivity contribution in [3.8, 4) is 5.75 Å². The summed E-state index contributed by atoms with van der Waals surface area (Å²) in [4.78, 5) is 5.55. The number of benzene rings is 1. The smallest absolute Gasteiger partial charge is 0.148 e. The molecule has 0 unspecified atom stereocenters. The maximum Gasteiger partial charge on any atom is 0.148 e. The molecule has 1 aliphatic rings. The summed E-state index contributed by atoms with van der Waals surface area (Å²) in [6.07, 6.45) is 4.66. The van der Waals surface area contributed by atoms with E-state index in [9.17, 15) is 19.0 Å². The number of rotatable bonds is 5. The standard InChI is InChI=1S/C19H22F2N2O2/c20-18-9-22-10-19(21)17(18)12-23(14-4-6-15(24)7-5-14)11-13-2-1-3-16(25)8-13/h1-3,8-10,14-15,24-25H,4-7,11-12H2. The van der Waals surface area contributed by atoms with Crippen LogP contribution in [0, 0.1) is 11.6 Å². The summed E-state index contributed by atoms with van der Waals surface area (Å²) in [6, 6.07) is 7.00. The Morgan fingerprint density at radius 3 is 2.36 bits per heavy atom. The molecule has 1 heterocycles. The highest BCUT2D eigenvalue weighted by Crippen LogP contribution is 2.27. The molecule has 0 atom stereocenters. The minimum absolute atomic E-state index is 0.00118. The van der Waals surface area contributed by atoms with Gasteiger partial charge in [0.05, 0.1) is 18.5 Å². The summed E-state index contributed by atoms with van der Waals surface area (Å²) in [6.45, 7) is 0.590. The van der Waals surface area contributed by atoms with Crippen LogP contribution in [0.3, 0.4) is 0 Å². The topological polar surface area (TPSA) is 56.6 Å². The third kappa shape index (κ3) is 4.52. The van der Waals surface area contributed by atoms with Crippen LogP contribution >= 0.6 is 0 Å². The first-order valence-corrected chi connectivity index (χ1v) is 8.51. The SMILES string of the molecule is Oc1cccc(CN(Cc2c(F)cncc2F)C2CCC(O)CC2)c1. The third-order valence-corrected chi connectivity index (χ3v) is 4.79. The molecular weight excluding hydrogens is 326 g/mol. The molecule has 6 heteroatoms. The van der Waals surface area contributed by atoms with Crippen molar-refractivity contribution in [3.05, 3.63) is 59.4 Å². The van der Waals surface area contributed by atoms with Crippen LogP contribution in [0.15, 0.2) is 36.7 Å². The van der Waals surface area contributed by atoms with Gasteiger partial charge in [0, 0.05) is 24.7 Å². The molecule has 1 saturated carbocycles. The van der Waals surface area contributed by atoms with Gasteiger partial charge in [0.2, 0.25) is 0 Å². The lowest BCUT2D eigenvalue weighted by Gasteiger charge is -2.36. The van der Waals surface area contributed by atoms with Gasteiger partial charge in [-0.3, -0.25) is 9.88 Å². The number of aliphatic hydroxyl groups excluding tert-OH is 1. The lowest BCUT2D eigenvalue weighted by molar-refractivity contribution is 0.0654. The van der Waals surface area contributed by atoms with Crippen LogP contribution in [0.4, 0.5) is 8.78 Å². The molecule has 134 valence electrons. The average molecular weight is 348 g/mol. The monoisotopic (exact) mass is 348 g/mol. The van der Waals surface area contributed by atoms with Gasteiger partial charge >= 0.3 is 0 Å². The van der Waals surface area contributed by atoms with Crippen LogP contribution in [0.5, 0.6) is 5.75 Å². The van der Waals surface area contributed by atoms with E-state index in [0.29, 0.717) is 19.4 Å². The second kappa shape index (κ2) is 7.89. The fraction of sp³-hybridized carbons (Fsp3) is 0.421. The van der Waals surface area contributed by atoms with Crippen molar-refractivity contribution in [3.63, 3.8) is 0 Å². The van der Waals surface area contributed by atoms with E-state index in [-0.39, 0.29) is 30.0 Å². The number of aromatic nitrogens is 1. The second-order valence-electron chi connectivity index (χ2n) is 6.62. The number of phenolic OH excluding ortho intramolecular Hbond substituents is 1. The van der Waals surface area contributed by atoms with E-state index in [4.69, 9.17) is 0 Å². The van der Waals surface area contributed by atoms with E-state index >= 15 is 0 Å². The third-order valence-electron chi connectivity index (χ3n) is 4.79. The summed E-state index contributed by atoms with van der Waals surface area (Å²) in [5, 5.41) is 19.4. The molecule has 0 bridgehead atoms. The quantitative estimate of drug-likeness (QED) is 0.870. The Bertz CT molecular complexity index is 698. The van der Waals surface area contributed by atoms with Gasteiger partial charge in [-0.1, -0.05) is 12.1 Å². The van der Waals surface area contributed by atoms with Crippen molar-refractivity contribution >= 4 is 0 Å². The Kier molecular flexibility index (Phi) is 5.60. The van der Waals surface area contributed by atoms with Crippen LogP contribution in [0.25, 0.3) is 0 Å². The molecule has 25 heavy (non-hydrogen) atoms. The van der Waals surface area contributed by atoms with E-state index in [0.717, 1.165) is 30.8 Å². The van der Waals surface area contributed by atoms with E-state index in [2.05, 4.69) is 4.98 Å². The predicted molar refractivity (Wildman–Crippen MR) is 89.8 cm³/mol. The zero-order valence-corrected chi connectivity index (χ0v) is 13.9. The van der Waals surface area contributed by atoms with Crippen LogP contribution in [0.2, 0.25) is 0 Å². The first kappa shape index (κ1) is 17.8. The van der Waals surface area contributed by atoms with Gasteiger partial charge in [0.15, 0.2) is 0 Å². The van der Waals surface area contributed by atoms with Crippen molar-refractivity contribution in [2.75, 3.05) is 0 Å². The Morgan fingerprint density at radius 1 is 1.04 bits per heavy atom. The van der Waals surface area contributed by atoms with Gasteiger partial charge in [0.25, 0.3) is 0 Å². The number of halogens is 2. The minimum Gasteiger partial charge on any atom is -0.508 e. The molecule has 0 radical (unpaired) electrons. The second-order valence-corrected chi connectivity index (χ2v) is 6.62. The van der Waals surface area contributed by atoms with Crippen molar-refractivity contribution in [1.82, 2.24) is 9.88 Å². The Balaban J connectivity index is 1.83. The van der Waals surface area contributed by atoms with Gasteiger partial charge in [0.1, 0.15) is 17.4 Å². The molecule has 0 amide bonds. The van der Waals surface area contributed by atoms with E-state index in [1.54, 1.807) is 18.2 Å². The summed E-state index contributed by atoms with van der Waals surface area (Å²) in [5.41, 5.74) is 0.877. The van der Waals surface area contributed by atoms with Gasteiger partial charge < -0.3 is 10.2 Å². The summed E-state index contributed by atoms with van der Waals surface area (Å²) >= 11 is 0. The number of hydrogen-bond acceptors (Lipinski definition) is 4. The number of aliphatic hydroxyl groups is 1. The highest BCUT2D eigenvalue weighted by atomic mass is 19.1. The summed E-state index contributed by atoms with van der Waals surface area (Å²) in [5.74, 6) is -1.15. The van der Waals surface area contributed by atoms with Gasteiger partial charge in [-0.15, -0.1) is 0 Å². The number of hydrogen-bond donors (Lipinski definition) is 2. The molecule has 1 aliphatic carbocycles. The van der Waals surface area contributed by atoms with E-state index in [1.165, 1.54) is 0 Å². The first-order chi connectivity index (χ1) is 12.0. The van der Waals surface area contributed by atoms with E-state index in [1.807, 2.05) is 11.0 Å². The molecule has 3 rings (SSSR count). The van der Waals surface area contributed by atoms with Crippen molar-refractivity contribution < 1.29 is 19.0 Å². The fourth-order valence-electron chi connectivity index (χ4n) is 3.42. The van der Waals surface area contributed by atoms with Crippen molar-refractivity contribution in [1.29, 1.82) is 0 Å². The predicted octanol–water partition coefficient (Wildman–Crippen LogP) is 3.37. The average Bonchev–Trinajstić information content (AvgIpc) is 2.58. The largest absolute Gasteiger partial charge is 0.508 e. The first-order valence-electron chi connectivity index (χ1n) is 8.51. The molecule has 0 aliphatic heterocycles. The molecule has 0 spiro atoms. The lowest BCUT2D eigenvalue weighted by atomic mass is 9.91. The van der Waals surface area contributed by atoms with Crippen LogP contribution < -0.4 is 0 Å². The minimum atomic E-state index is -0.656. The molecule has 1 aromatic carbocycles. The molecule has 0 saturated heterocycles. The van der Waals surface area contributed by atoms with Crippen molar-refractivity contribution in [2.24, 2.45) is 0 Å². The molecule has 2 aromatic rings. The van der Waals surface area contributed by atoms with Gasteiger partial charge in [-0.2, -0.15) is 0 Å². The number of aromatic hydroxyl groups is 1. The summed E-state index contributed by atoms with van der Waals surface area (Å²) < 4.78 is 28.1. The summed E-state index contributed by atoms with van der Waals surface area (Å²) in [7, 11) is 0. The molecule has 1 aromatic heterocycles. The number of nitrogens with zero attached hydrogens (tertiary/aromatic N) is 2. The normalized spacial score (nSPS) is 20.8. The zero-order valence-electron chi connectivity index (χ0n) is 13.9. The van der Waals surface area contributed by atoms with Gasteiger partial charge in [-0.25, -0.2) is 8.78 Å². The van der Waals surface area contributed by atoms with Crippen LogP contribution in [0.1, 0.15) is 36.8 Å². The molecule has 1 fully saturated rings. The van der Waals surface area contributed by atoms with Crippen LogP contribution in [-0.2, 0) is 13.1 Å².